The highest BCUT2D eigenvalue weighted by Crippen LogP contribution is 2.35. The third-order valence-electron chi connectivity index (χ3n) is 5.59. The van der Waals surface area contributed by atoms with E-state index in [2.05, 4.69) is 25.3 Å². The minimum absolute atomic E-state index is 0.120. The molecule has 0 saturated heterocycles. The van der Waals surface area contributed by atoms with Crippen molar-refractivity contribution in [2.24, 2.45) is 4.99 Å². The van der Waals surface area contributed by atoms with Crippen LogP contribution in [0.4, 0.5) is 13.2 Å². The van der Waals surface area contributed by atoms with E-state index in [-0.39, 0.29) is 12.5 Å². The number of alkyl halides is 3. The fourth-order valence-corrected chi connectivity index (χ4v) is 3.90. The molecular weight excluding hydrogens is 493 g/mol. The molecule has 2 aromatic carbocycles. The second-order valence-electron chi connectivity index (χ2n) is 8.22. The number of benzene rings is 2. The summed E-state index contributed by atoms with van der Waals surface area (Å²) in [5.74, 6) is -3.58. The van der Waals surface area contributed by atoms with Crippen LogP contribution in [0.1, 0.15) is 29.9 Å². The number of H-pyrrole nitrogens is 1. The van der Waals surface area contributed by atoms with E-state index in [1.807, 2.05) is 0 Å². The molecule has 4 rings (SSSR count). The van der Waals surface area contributed by atoms with Crippen molar-refractivity contribution in [1.82, 2.24) is 15.6 Å². The van der Waals surface area contributed by atoms with Gasteiger partial charge < -0.3 is 19.8 Å². The standard InChI is InChI=1S/C25H23F3N4O5/c26-25(27,28)23(35)37-22(34)12-18(15-5-2-1-3-6-15)19-13-30-20-11-16(7-8-17(19)20)36-10-4-9-29-24-31-14-21(33)32-24/h1-3,5-8,11,13,18,30H,4,9-10,12,14H2,(H2,29,31,32,33). The number of aliphatic imine (C=N–C) groups is 1. The van der Waals surface area contributed by atoms with E-state index in [1.54, 1.807) is 54.7 Å². The number of rotatable bonds is 9. The number of amides is 1. The minimum atomic E-state index is -5.26. The Kier molecular flexibility index (Phi) is 7.75. The molecule has 1 aliphatic heterocycles. The van der Waals surface area contributed by atoms with E-state index in [0.717, 1.165) is 5.39 Å². The van der Waals surface area contributed by atoms with E-state index >= 15 is 0 Å². The maximum atomic E-state index is 12.5. The van der Waals surface area contributed by atoms with Crippen LogP contribution < -0.4 is 15.4 Å². The van der Waals surface area contributed by atoms with E-state index in [4.69, 9.17) is 4.74 Å². The molecule has 3 aromatic rings. The van der Waals surface area contributed by atoms with Gasteiger partial charge in [0.2, 0.25) is 5.91 Å². The van der Waals surface area contributed by atoms with Crippen LogP contribution in [0.5, 0.6) is 5.75 Å². The molecule has 1 aliphatic rings. The Balaban J connectivity index is 1.43. The number of esters is 2. The first-order chi connectivity index (χ1) is 17.7. The number of hydrogen-bond acceptors (Lipinski definition) is 7. The van der Waals surface area contributed by atoms with E-state index in [0.29, 0.717) is 47.9 Å². The highest BCUT2D eigenvalue weighted by Gasteiger charge is 2.42. The van der Waals surface area contributed by atoms with Gasteiger partial charge in [-0.2, -0.15) is 13.2 Å². The van der Waals surface area contributed by atoms with Crippen LogP contribution >= 0.6 is 0 Å². The zero-order valence-electron chi connectivity index (χ0n) is 19.4. The molecule has 37 heavy (non-hydrogen) atoms. The summed E-state index contributed by atoms with van der Waals surface area (Å²) in [4.78, 5) is 41.6. The van der Waals surface area contributed by atoms with Gasteiger partial charge >= 0.3 is 18.1 Å². The van der Waals surface area contributed by atoms with Gasteiger partial charge in [-0.3, -0.25) is 14.9 Å². The van der Waals surface area contributed by atoms with Crippen LogP contribution in [0.2, 0.25) is 0 Å². The lowest BCUT2D eigenvalue weighted by Gasteiger charge is -2.17. The molecule has 0 radical (unpaired) electrons. The third-order valence-corrected chi connectivity index (χ3v) is 5.59. The predicted octanol–water partition coefficient (Wildman–Crippen LogP) is 3.17. The van der Waals surface area contributed by atoms with Crippen LogP contribution in [0, 0.1) is 0 Å². The Morgan fingerprint density at radius 2 is 1.92 bits per heavy atom. The Morgan fingerprint density at radius 1 is 1.14 bits per heavy atom. The molecule has 0 fully saturated rings. The van der Waals surface area contributed by atoms with Crippen molar-refractivity contribution < 1.29 is 37.0 Å². The number of ether oxygens (including phenoxy) is 2. The summed E-state index contributed by atoms with van der Waals surface area (Å²) >= 11 is 0. The number of hydrogen-bond donors (Lipinski definition) is 3. The van der Waals surface area contributed by atoms with E-state index < -0.39 is 30.5 Å². The molecule has 12 heteroatoms. The number of halogens is 3. The second-order valence-corrected chi connectivity index (χ2v) is 8.22. The molecule has 9 nitrogen and oxygen atoms in total. The Labute approximate surface area is 209 Å². The van der Waals surface area contributed by atoms with Gasteiger partial charge in [-0.1, -0.05) is 30.3 Å². The molecule has 1 aromatic heterocycles. The Bertz CT molecular complexity index is 1320. The van der Waals surface area contributed by atoms with Crippen molar-refractivity contribution in [1.29, 1.82) is 0 Å². The van der Waals surface area contributed by atoms with Gasteiger partial charge in [0.25, 0.3) is 0 Å². The van der Waals surface area contributed by atoms with Gasteiger partial charge in [0.05, 0.1) is 13.0 Å². The lowest BCUT2D eigenvalue weighted by molar-refractivity contribution is -0.201. The molecule has 194 valence electrons. The van der Waals surface area contributed by atoms with Crippen LogP contribution in [0.25, 0.3) is 10.9 Å². The molecule has 1 unspecified atom stereocenters. The smallest absolute Gasteiger partial charge is 0.491 e. The number of nitrogens with one attached hydrogen (secondary N) is 3. The number of aromatic nitrogens is 1. The SMILES string of the molecule is O=C1CN=C(NCCCOc2ccc3c(C(CC(=O)OC(=O)C(F)(F)F)c4ccccc4)c[nH]c3c2)N1. The molecule has 1 amide bonds. The van der Waals surface area contributed by atoms with Gasteiger partial charge in [-0.25, -0.2) is 9.79 Å². The number of carbonyl (C=O) groups excluding carboxylic acids is 3. The van der Waals surface area contributed by atoms with Crippen molar-refractivity contribution in [3.05, 3.63) is 65.9 Å². The predicted molar refractivity (Wildman–Crippen MR) is 127 cm³/mol. The van der Waals surface area contributed by atoms with Crippen molar-refractivity contribution in [2.45, 2.75) is 24.9 Å². The summed E-state index contributed by atoms with van der Waals surface area (Å²) in [5, 5.41) is 6.34. The number of fused-ring (bicyclic) bond motifs is 1. The highest BCUT2D eigenvalue weighted by atomic mass is 19.4. The highest BCUT2D eigenvalue weighted by molar-refractivity contribution is 6.02. The molecule has 0 bridgehead atoms. The first kappa shape index (κ1) is 25.7. The van der Waals surface area contributed by atoms with Crippen LogP contribution in [-0.4, -0.2) is 54.7 Å². The van der Waals surface area contributed by atoms with E-state index in [1.165, 1.54) is 0 Å². The van der Waals surface area contributed by atoms with Crippen LogP contribution in [0.3, 0.4) is 0 Å². The van der Waals surface area contributed by atoms with Crippen LogP contribution in [-0.2, 0) is 19.1 Å². The Morgan fingerprint density at radius 3 is 2.62 bits per heavy atom. The molecule has 0 saturated carbocycles. The molecular formula is C25H23F3N4O5. The summed E-state index contributed by atoms with van der Waals surface area (Å²) in [5.41, 5.74) is 2.04. The largest absolute Gasteiger partial charge is 0.493 e. The topological polar surface area (TPSA) is 122 Å². The number of aromatic amines is 1. The molecule has 1 atom stereocenters. The normalized spacial score (nSPS) is 14.1. The monoisotopic (exact) mass is 516 g/mol. The van der Waals surface area contributed by atoms with Gasteiger partial charge in [0.15, 0.2) is 5.96 Å². The minimum Gasteiger partial charge on any atom is -0.493 e. The number of carbonyl (C=O) groups is 3. The van der Waals surface area contributed by atoms with Crippen molar-refractivity contribution >= 4 is 34.7 Å². The molecule has 0 aliphatic carbocycles. The average Bonchev–Trinajstić information content (AvgIpc) is 3.47. The third kappa shape index (κ3) is 6.66. The van der Waals surface area contributed by atoms with Crippen LogP contribution in [0.15, 0.2) is 59.7 Å². The molecule has 3 N–H and O–H groups in total. The van der Waals surface area contributed by atoms with Gasteiger partial charge in [-0.15, -0.1) is 0 Å². The molecule has 2 heterocycles. The fourth-order valence-electron chi connectivity index (χ4n) is 3.90. The van der Waals surface area contributed by atoms with Gasteiger partial charge in [0.1, 0.15) is 12.3 Å². The lowest BCUT2D eigenvalue weighted by atomic mass is 9.88. The first-order valence-electron chi connectivity index (χ1n) is 11.4. The summed E-state index contributed by atoms with van der Waals surface area (Å²) < 4.78 is 47.4. The number of nitrogens with zero attached hydrogens (tertiary/aromatic N) is 1. The van der Waals surface area contributed by atoms with Gasteiger partial charge in [0, 0.05) is 35.6 Å². The summed E-state index contributed by atoms with van der Waals surface area (Å²) in [6.07, 6.45) is -3.40. The van der Waals surface area contributed by atoms with Gasteiger partial charge in [-0.05, 0) is 29.7 Å². The fraction of sp³-hybridized carbons (Fsp3) is 0.280. The average molecular weight is 516 g/mol. The van der Waals surface area contributed by atoms with Crippen molar-refractivity contribution in [3.63, 3.8) is 0 Å². The lowest BCUT2D eigenvalue weighted by Crippen LogP contribution is -2.37. The number of guanidine groups is 1. The summed E-state index contributed by atoms with van der Waals surface area (Å²) in [6.45, 7) is 1.08. The van der Waals surface area contributed by atoms with E-state index in [9.17, 15) is 27.6 Å². The maximum Gasteiger partial charge on any atom is 0.491 e. The zero-order chi connectivity index (χ0) is 26.4. The molecule has 0 spiro atoms. The Hall–Kier alpha value is -4.35. The maximum absolute atomic E-state index is 12.5. The van der Waals surface area contributed by atoms with Crippen molar-refractivity contribution in [2.75, 3.05) is 19.7 Å². The summed E-state index contributed by atoms with van der Waals surface area (Å²) in [6, 6.07) is 14.1. The first-order valence-corrected chi connectivity index (χ1v) is 11.4. The zero-order valence-corrected chi connectivity index (χ0v) is 19.4. The summed E-state index contributed by atoms with van der Waals surface area (Å²) in [7, 11) is 0. The quantitative estimate of drug-likeness (QED) is 0.228. The second kappa shape index (κ2) is 11.1. The van der Waals surface area contributed by atoms with Crippen molar-refractivity contribution in [3.8, 4) is 5.75 Å².